The number of aryl methyl sites for hydroxylation is 1. The number of H-pyrrole nitrogens is 1. The van der Waals surface area contributed by atoms with E-state index in [1.165, 1.54) is 11.1 Å². The number of rotatable bonds is 3. The van der Waals surface area contributed by atoms with E-state index in [9.17, 15) is 4.79 Å². The topological polar surface area (TPSA) is 36.7 Å². The number of carbonyl (C=O) groups excluding carboxylic acids is 1. The molecule has 0 aliphatic heterocycles. The molecule has 0 saturated carbocycles. The fourth-order valence-electron chi connectivity index (χ4n) is 2.41. The predicted molar refractivity (Wildman–Crippen MR) is 74.2 cm³/mol. The number of imidazole rings is 1. The second kappa shape index (κ2) is 4.69. The monoisotopic (exact) mass is 251 g/mol. The maximum absolute atomic E-state index is 11.2. The van der Waals surface area contributed by atoms with Crippen molar-refractivity contribution in [2.45, 2.75) is 13.5 Å². The van der Waals surface area contributed by atoms with E-state index in [1.807, 2.05) is 34.9 Å². The van der Waals surface area contributed by atoms with Crippen molar-refractivity contribution in [1.29, 1.82) is 0 Å². The van der Waals surface area contributed by atoms with Gasteiger partial charge in [-0.05, 0) is 24.6 Å². The lowest BCUT2D eigenvalue weighted by Gasteiger charge is -2.01. The fourth-order valence-corrected chi connectivity index (χ4v) is 2.41. The normalized spacial score (nSPS) is 10.8. The Morgan fingerprint density at radius 1 is 1.16 bits per heavy atom. The van der Waals surface area contributed by atoms with Gasteiger partial charge in [-0.15, -0.1) is 0 Å². The third-order valence-corrected chi connectivity index (χ3v) is 3.28. The zero-order valence-electron chi connectivity index (χ0n) is 10.8. The lowest BCUT2D eigenvalue weighted by atomic mass is 10.1. The van der Waals surface area contributed by atoms with Gasteiger partial charge in [0.2, 0.25) is 6.29 Å². The van der Waals surface area contributed by atoms with E-state index in [4.69, 9.17) is 0 Å². The third kappa shape index (κ3) is 2.15. The summed E-state index contributed by atoms with van der Waals surface area (Å²) in [4.78, 5) is 14.3. The van der Waals surface area contributed by atoms with Crippen molar-refractivity contribution >= 4 is 17.3 Å². The lowest BCUT2D eigenvalue weighted by Crippen LogP contribution is -2.37. The van der Waals surface area contributed by atoms with Crippen LogP contribution < -0.4 is 4.57 Å². The quantitative estimate of drug-likeness (QED) is 0.564. The Morgan fingerprint density at radius 3 is 2.79 bits per heavy atom. The second-order valence-corrected chi connectivity index (χ2v) is 4.72. The Kier molecular flexibility index (Phi) is 2.88. The summed E-state index contributed by atoms with van der Waals surface area (Å²) < 4.78 is 2.01. The molecule has 0 saturated heterocycles. The van der Waals surface area contributed by atoms with Gasteiger partial charge in [0.15, 0.2) is 11.0 Å². The smallest absolute Gasteiger partial charge is 0.289 e. The summed E-state index contributed by atoms with van der Waals surface area (Å²) in [5, 5.41) is 0. The first-order valence-electron chi connectivity index (χ1n) is 6.29. The fraction of sp³-hybridized carbons (Fsp3) is 0.125. The molecular weight excluding hydrogens is 236 g/mol. The molecule has 0 atom stereocenters. The number of aldehydes is 1. The summed E-state index contributed by atoms with van der Waals surface area (Å²) in [5.41, 5.74) is 4.45. The second-order valence-electron chi connectivity index (χ2n) is 4.72. The summed E-state index contributed by atoms with van der Waals surface area (Å²) in [6.07, 6.45) is 0.871. The Bertz CT molecular complexity index is 743. The van der Waals surface area contributed by atoms with Gasteiger partial charge in [0.25, 0.3) is 0 Å². The predicted octanol–water partition coefficient (Wildman–Crippen LogP) is 2.62. The molecule has 0 unspecified atom stereocenters. The van der Waals surface area contributed by atoms with E-state index in [0.717, 1.165) is 17.3 Å². The Balaban J connectivity index is 2.11. The molecule has 3 aromatic rings. The average Bonchev–Trinajstić information content (AvgIpc) is 2.77. The molecule has 1 aromatic heterocycles. The Labute approximate surface area is 111 Å². The molecule has 0 amide bonds. The van der Waals surface area contributed by atoms with E-state index in [2.05, 4.69) is 30.1 Å². The van der Waals surface area contributed by atoms with Crippen LogP contribution in [0, 0.1) is 6.92 Å². The highest BCUT2D eigenvalue weighted by molar-refractivity contribution is 5.77. The summed E-state index contributed by atoms with van der Waals surface area (Å²) in [6.45, 7) is 2.77. The van der Waals surface area contributed by atoms with Crippen molar-refractivity contribution in [1.82, 2.24) is 4.98 Å². The Morgan fingerprint density at radius 2 is 2.00 bits per heavy atom. The minimum absolute atomic E-state index is 0.600. The van der Waals surface area contributed by atoms with Gasteiger partial charge >= 0.3 is 5.82 Å². The van der Waals surface area contributed by atoms with Gasteiger partial charge in [-0.2, -0.15) is 0 Å². The van der Waals surface area contributed by atoms with Gasteiger partial charge < -0.3 is 0 Å². The van der Waals surface area contributed by atoms with Gasteiger partial charge in [0.05, 0.1) is 0 Å². The lowest BCUT2D eigenvalue weighted by molar-refractivity contribution is -0.663. The molecule has 3 nitrogen and oxygen atoms in total. The number of fused-ring (bicyclic) bond motifs is 1. The number of carbonyl (C=O) groups is 1. The molecule has 0 bridgehead atoms. The molecule has 0 aliphatic rings. The highest BCUT2D eigenvalue weighted by atomic mass is 16.1. The molecular formula is C16H15N2O+. The molecule has 0 aliphatic carbocycles. The molecule has 3 rings (SSSR count). The first kappa shape index (κ1) is 11.7. The summed E-state index contributed by atoms with van der Waals surface area (Å²) >= 11 is 0. The molecule has 0 spiro atoms. The number of hydrogen-bond donors (Lipinski definition) is 1. The van der Waals surface area contributed by atoms with Gasteiger partial charge in [-0.25, -0.2) is 9.55 Å². The highest BCUT2D eigenvalue weighted by Gasteiger charge is 2.17. The van der Waals surface area contributed by atoms with Crippen LogP contribution in [0.1, 0.15) is 21.7 Å². The molecule has 0 radical (unpaired) electrons. The average molecular weight is 251 g/mol. The molecule has 1 N–H and O–H groups in total. The number of aromatic amines is 1. The standard InChI is InChI=1S/C16H14N2O/c1-12-5-4-6-13(9-12)10-18-15-8-3-2-7-14(15)17-16(18)11-19/h2-9,11H,10H2,1H3/p+1. The highest BCUT2D eigenvalue weighted by Crippen LogP contribution is 2.10. The van der Waals surface area contributed by atoms with Gasteiger partial charge in [-0.1, -0.05) is 42.0 Å². The van der Waals surface area contributed by atoms with Crippen LogP contribution in [0.3, 0.4) is 0 Å². The summed E-state index contributed by atoms with van der Waals surface area (Å²) in [7, 11) is 0. The van der Waals surface area contributed by atoms with Crippen LogP contribution in [0.25, 0.3) is 11.0 Å². The largest absolute Gasteiger partial charge is 0.321 e. The number of nitrogens with one attached hydrogen (secondary N) is 1. The van der Waals surface area contributed by atoms with Crippen molar-refractivity contribution in [2.75, 3.05) is 0 Å². The molecule has 19 heavy (non-hydrogen) atoms. The minimum Gasteiger partial charge on any atom is -0.289 e. The number of nitrogens with zero attached hydrogens (tertiary/aromatic N) is 1. The van der Waals surface area contributed by atoms with E-state index in [-0.39, 0.29) is 0 Å². The van der Waals surface area contributed by atoms with Gasteiger partial charge in [0, 0.05) is 0 Å². The van der Waals surface area contributed by atoms with E-state index < -0.39 is 0 Å². The summed E-state index contributed by atoms with van der Waals surface area (Å²) in [5.74, 6) is 0.600. The van der Waals surface area contributed by atoms with Crippen LogP contribution >= 0.6 is 0 Å². The van der Waals surface area contributed by atoms with Crippen LogP contribution in [0.4, 0.5) is 0 Å². The SMILES string of the molecule is Cc1cccc(C[n+]2c(C=O)[nH]c3ccccc32)c1. The molecule has 2 aromatic carbocycles. The first-order valence-corrected chi connectivity index (χ1v) is 6.29. The van der Waals surface area contributed by atoms with Crippen molar-refractivity contribution < 1.29 is 9.36 Å². The van der Waals surface area contributed by atoms with E-state index >= 15 is 0 Å². The first-order chi connectivity index (χ1) is 9.28. The molecule has 1 heterocycles. The zero-order valence-corrected chi connectivity index (χ0v) is 10.8. The zero-order chi connectivity index (χ0) is 13.2. The van der Waals surface area contributed by atoms with E-state index in [0.29, 0.717) is 12.4 Å². The molecule has 94 valence electrons. The van der Waals surface area contributed by atoms with Crippen LogP contribution in [-0.2, 0) is 6.54 Å². The molecule has 3 heteroatoms. The number of benzene rings is 2. The third-order valence-electron chi connectivity index (χ3n) is 3.28. The number of hydrogen-bond acceptors (Lipinski definition) is 1. The van der Waals surface area contributed by atoms with Crippen LogP contribution in [0.2, 0.25) is 0 Å². The number of aromatic nitrogens is 2. The van der Waals surface area contributed by atoms with Crippen molar-refractivity contribution in [3.63, 3.8) is 0 Å². The van der Waals surface area contributed by atoms with Crippen molar-refractivity contribution in [3.05, 3.63) is 65.5 Å². The van der Waals surface area contributed by atoms with E-state index in [1.54, 1.807) is 0 Å². The van der Waals surface area contributed by atoms with Crippen LogP contribution in [0.15, 0.2) is 48.5 Å². The minimum atomic E-state index is 0.600. The van der Waals surface area contributed by atoms with Gasteiger partial charge in [-0.3, -0.25) is 4.79 Å². The number of para-hydroxylation sites is 2. The Hall–Kier alpha value is -2.42. The molecule has 0 fully saturated rings. The summed E-state index contributed by atoms with van der Waals surface area (Å²) in [6, 6.07) is 16.3. The van der Waals surface area contributed by atoms with Crippen LogP contribution in [-0.4, -0.2) is 11.3 Å². The maximum Gasteiger partial charge on any atom is 0.321 e. The van der Waals surface area contributed by atoms with Gasteiger partial charge in [0.1, 0.15) is 6.54 Å². The van der Waals surface area contributed by atoms with Crippen LogP contribution in [0.5, 0.6) is 0 Å². The maximum atomic E-state index is 11.2. The van der Waals surface area contributed by atoms with Crippen molar-refractivity contribution in [3.8, 4) is 0 Å². The van der Waals surface area contributed by atoms with Crippen molar-refractivity contribution in [2.24, 2.45) is 0 Å².